The van der Waals surface area contributed by atoms with Gasteiger partial charge in [0, 0.05) is 18.1 Å². The van der Waals surface area contributed by atoms with E-state index in [1.54, 1.807) is 0 Å². The molecule has 2 rings (SSSR count). The number of likely N-dealkylation sites (tertiary alicyclic amines) is 1. The molecule has 3 N–H and O–H groups in total. The highest BCUT2D eigenvalue weighted by Crippen LogP contribution is 2.30. The molecule has 0 radical (unpaired) electrons. The smallest absolute Gasteiger partial charge is 0.123 e. The maximum absolute atomic E-state index is 13.1. The van der Waals surface area contributed by atoms with Gasteiger partial charge in [-0.1, -0.05) is 25.0 Å². The van der Waals surface area contributed by atoms with Gasteiger partial charge in [-0.2, -0.15) is 0 Å². The van der Waals surface area contributed by atoms with E-state index < -0.39 is 0 Å². The average Bonchev–Trinajstić information content (AvgIpc) is 2.66. The molecular weight excluding hydrogens is 255 g/mol. The standard InChI is InChI=1S/C16H25FN2O/c1-12(18)16(13-6-8-14(17)9-7-13)19-10-4-2-3-5-15(19)11-20/h6-9,12,15-16,20H,2-5,10-11,18H2,1H3. The normalized spacial score (nSPS) is 24.1. The number of rotatable bonds is 4. The third-order valence-corrected chi connectivity index (χ3v) is 4.20. The first-order valence-electron chi connectivity index (χ1n) is 7.51. The van der Waals surface area contributed by atoms with Crippen LogP contribution >= 0.6 is 0 Å². The fourth-order valence-electron chi connectivity index (χ4n) is 3.22. The molecule has 1 aliphatic rings. The van der Waals surface area contributed by atoms with E-state index in [-0.39, 0.29) is 30.5 Å². The van der Waals surface area contributed by atoms with Crippen LogP contribution in [-0.4, -0.2) is 35.2 Å². The molecule has 4 heteroatoms. The maximum Gasteiger partial charge on any atom is 0.123 e. The predicted molar refractivity (Wildman–Crippen MR) is 78.8 cm³/mol. The number of nitrogens with zero attached hydrogens (tertiary/aromatic N) is 1. The van der Waals surface area contributed by atoms with Crippen molar-refractivity contribution in [1.82, 2.24) is 4.90 Å². The van der Waals surface area contributed by atoms with Crippen molar-refractivity contribution in [1.29, 1.82) is 0 Å². The van der Waals surface area contributed by atoms with Crippen LogP contribution < -0.4 is 5.73 Å². The van der Waals surface area contributed by atoms with Crippen molar-refractivity contribution in [3.8, 4) is 0 Å². The molecule has 3 unspecified atom stereocenters. The molecule has 0 aliphatic carbocycles. The first-order valence-corrected chi connectivity index (χ1v) is 7.51. The van der Waals surface area contributed by atoms with Gasteiger partial charge in [-0.05, 0) is 44.0 Å². The molecule has 1 fully saturated rings. The summed E-state index contributed by atoms with van der Waals surface area (Å²) in [6.45, 7) is 3.08. The summed E-state index contributed by atoms with van der Waals surface area (Å²) in [6, 6.07) is 6.70. The van der Waals surface area contributed by atoms with Crippen molar-refractivity contribution >= 4 is 0 Å². The topological polar surface area (TPSA) is 49.5 Å². The van der Waals surface area contributed by atoms with Gasteiger partial charge >= 0.3 is 0 Å². The molecule has 3 atom stereocenters. The third-order valence-electron chi connectivity index (χ3n) is 4.20. The molecule has 1 aliphatic heterocycles. The Bertz CT molecular complexity index is 407. The van der Waals surface area contributed by atoms with E-state index in [0.717, 1.165) is 31.4 Å². The Morgan fingerprint density at radius 3 is 2.60 bits per heavy atom. The molecule has 0 saturated carbocycles. The minimum absolute atomic E-state index is 0.0332. The van der Waals surface area contributed by atoms with Gasteiger partial charge in [0.2, 0.25) is 0 Å². The van der Waals surface area contributed by atoms with Crippen LogP contribution in [0, 0.1) is 5.82 Å². The van der Waals surface area contributed by atoms with Crippen molar-refractivity contribution in [3.05, 3.63) is 35.6 Å². The number of hydrogen-bond acceptors (Lipinski definition) is 3. The van der Waals surface area contributed by atoms with E-state index in [9.17, 15) is 9.50 Å². The van der Waals surface area contributed by atoms with Crippen molar-refractivity contribution in [2.45, 2.75) is 50.7 Å². The largest absolute Gasteiger partial charge is 0.395 e. The highest BCUT2D eigenvalue weighted by Gasteiger charge is 2.30. The first-order chi connectivity index (χ1) is 9.63. The number of aliphatic hydroxyl groups excluding tert-OH is 1. The predicted octanol–water partition coefficient (Wildman–Crippen LogP) is 2.45. The SMILES string of the molecule is CC(N)C(c1ccc(F)cc1)N1CCCCCC1CO. The van der Waals surface area contributed by atoms with Gasteiger partial charge in [-0.15, -0.1) is 0 Å². The average molecular weight is 280 g/mol. The summed E-state index contributed by atoms with van der Waals surface area (Å²) in [5.41, 5.74) is 7.22. The van der Waals surface area contributed by atoms with Crippen LogP contribution in [0.2, 0.25) is 0 Å². The zero-order valence-electron chi connectivity index (χ0n) is 12.1. The van der Waals surface area contributed by atoms with Crippen LogP contribution in [0.3, 0.4) is 0 Å². The Morgan fingerprint density at radius 1 is 1.30 bits per heavy atom. The Hall–Kier alpha value is -0.970. The molecule has 0 amide bonds. The molecule has 112 valence electrons. The van der Waals surface area contributed by atoms with Gasteiger partial charge in [-0.25, -0.2) is 4.39 Å². The molecule has 1 aromatic rings. The number of aliphatic hydroxyl groups is 1. The summed E-state index contributed by atoms with van der Waals surface area (Å²) in [4.78, 5) is 2.31. The van der Waals surface area contributed by atoms with Crippen LogP contribution in [0.5, 0.6) is 0 Å². The maximum atomic E-state index is 13.1. The minimum Gasteiger partial charge on any atom is -0.395 e. The van der Waals surface area contributed by atoms with Gasteiger partial charge < -0.3 is 10.8 Å². The second-order valence-electron chi connectivity index (χ2n) is 5.78. The number of benzene rings is 1. The molecule has 0 bridgehead atoms. The second kappa shape index (κ2) is 7.16. The molecule has 1 saturated heterocycles. The van der Waals surface area contributed by atoms with E-state index in [1.165, 1.54) is 18.6 Å². The zero-order valence-corrected chi connectivity index (χ0v) is 12.1. The number of hydrogen-bond donors (Lipinski definition) is 2. The van der Waals surface area contributed by atoms with Crippen LogP contribution in [0.15, 0.2) is 24.3 Å². The number of nitrogens with two attached hydrogens (primary N) is 1. The highest BCUT2D eigenvalue weighted by atomic mass is 19.1. The van der Waals surface area contributed by atoms with Crippen molar-refractivity contribution in [3.63, 3.8) is 0 Å². The summed E-state index contributed by atoms with van der Waals surface area (Å²) >= 11 is 0. The zero-order chi connectivity index (χ0) is 14.5. The summed E-state index contributed by atoms with van der Waals surface area (Å²) < 4.78 is 13.1. The van der Waals surface area contributed by atoms with Crippen molar-refractivity contribution in [2.24, 2.45) is 5.73 Å². The van der Waals surface area contributed by atoms with Gasteiger partial charge in [0.1, 0.15) is 5.82 Å². The van der Waals surface area contributed by atoms with E-state index in [1.807, 2.05) is 19.1 Å². The van der Waals surface area contributed by atoms with E-state index in [2.05, 4.69) is 4.90 Å². The van der Waals surface area contributed by atoms with Gasteiger partial charge in [0.25, 0.3) is 0 Å². The van der Waals surface area contributed by atoms with Gasteiger partial charge in [-0.3, -0.25) is 4.90 Å². The Morgan fingerprint density at radius 2 is 2.00 bits per heavy atom. The third kappa shape index (κ3) is 3.57. The van der Waals surface area contributed by atoms with Crippen molar-refractivity contribution in [2.75, 3.05) is 13.2 Å². The summed E-state index contributed by atoms with van der Waals surface area (Å²) in [5, 5.41) is 9.67. The van der Waals surface area contributed by atoms with E-state index in [4.69, 9.17) is 5.73 Å². The summed E-state index contributed by atoms with van der Waals surface area (Å²) in [7, 11) is 0. The minimum atomic E-state index is -0.230. The summed E-state index contributed by atoms with van der Waals surface area (Å²) in [6.07, 6.45) is 4.47. The second-order valence-corrected chi connectivity index (χ2v) is 5.78. The van der Waals surface area contributed by atoms with E-state index in [0.29, 0.717) is 0 Å². The lowest BCUT2D eigenvalue weighted by Gasteiger charge is -2.38. The lowest BCUT2D eigenvalue weighted by molar-refractivity contribution is 0.0746. The molecular formula is C16H25FN2O. The lowest BCUT2D eigenvalue weighted by atomic mass is 9.97. The quantitative estimate of drug-likeness (QED) is 0.890. The molecule has 0 spiro atoms. The Kier molecular flexibility index (Phi) is 5.52. The van der Waals surface area contributed by atoms with Gasteiger partial charge in [0.15, 0.2) is 0 Å². The molecule has 0 aromatic heterocycles. The number of halogens is 1. The van der Waals surface area contributed by atoms with E-state index >= 15 is 0 Å². The molecule has 3 nitrogen and oxygen atoms in total. The lowest BCUT2D eigenvalue weighted by Crippen LogP contribution is -2.46. The van der Waals surface area contributed by atoms with Gasteiger partial charge in [0.05, 0.1) is 6.61 Å². The highest BCUT2D eigenvalue weighted by molar-refractivity contribution is 5.22. The molecule has 1 heterocycles. The Labute approximate surface area is 120 Å². The Balaban J connectivity index is 2.28. The van der Waals surface area contributed by atoms with Crippen LogP contribution in [0.25, 0.3) is 0 Å². The van der Waals surface area contributed by atoms with Crippen LogP contribution in [0.1, 0.15) is 44.2 Å². The summed E-state index contributed by atoms with van der Waals surface area (Å²) in [5.74, 6) is -0.230. The first kappa shape index (κ1) is 15.4. The fourth-order valence-corrected chi connectivity index (χ4v) is 3.22. The van der Waals surface area contributed by atoms with Crippen LogP contribution in [-0.2, 0) is 0 Å². The monoisotopic (exact) mass is 280 g/mol. The van der Waals surface area contributed by atoms with Crippen molar-refractivity contribution < 1.29 is 9.50 Å². The molecule has 20 heavy (non-hydrogen) atoms. The van der Waals surface area contributed by atoms with Crippen LogP contribution in [0.4, 0.5) is 4.39 Å². The molecule has 1 aromatic carbocycles. The fraction of sp³-hybridized carbons (Fsp3) is 0.625.